The van der Waals surface area contributed by atoms with Crippen molar-refractivity contribution in [2.45, 2.75) is 38.1 Å². The molecule has 7 nitrogen and oxygen atoms in total. The van der Waals surface area contributed by atoms with Gasteiger partial charge in [-0.25, -0.2) is 4.39 Å². The highest BCUT2D eigenvalue weighted by molar-refractivity contribution is 5.88. The lowest BCUT2D eigenvalue weighted by atomic mass is 9.88. The number of aromatic nitrogens is 1. The molecule has 0 saturated carbocycles. The highest BCUT2D eigenvalue weighted by Gasteiger charge is 2.24. The molecule has 0 radical (unpaired) electrons. The average Bonchev–Trinajstić information content (AvgIpc) is 3.30. The number of likely N-dealkylation sites (tertiary alicyclic amines) is 1. The van der Waals surface area contributed by atoms with Crippen LogP contribution in [0.2, 0.25) is 0 Å². The first-order chi connectivity index (χ1) is 19.0. The van der Waals surface area contributed by atoms with E-state index in [1.165, 1.54) is 37.5 Å². The number of nitro benzene ring substituents is 1. The van der Waals surface area contributed by atoms with Gasteiger partial charge in [-0.1, -0.05) is 48.9 Å². The molecular weight excluding hydrogens is 495 g/mol. The van der Waals surface area contributed by atoms with Gasteiger partial charge < -0.3 is 14.8 Å². The van der Waals surface area contributed by atoms with Crippen molar-refractivity contribution in [2.24, 2.45) is 0 Å². The number of non-ortho nitro benzene ring substituents is 1. The summed E-state index contributed by atoms with van der Waals surface area (Å²) >= 11 is 0. The first-order valence-corrected chi connectivity index (χ1v) is 13.5. The first kappa shape index (κ1) is 26.6. The predicted molar refractivity (Wildman–Crippen MR) is 150 cm³/mol. The number of fused-ring (bicyclic) bond motifs is 1. The van der Waals surface area contributed by atoms with E-state index in [0.29, 0.717) is 13.1 Å². The topological polar surface area (TPSA) is 80.4 Å². The number of halogens is 1. The van der Waals surface area contributed by atoms with E-state index >= 15 is 0 Å². The molecule has 1 aliphatic rings. The van der Waals surface area contributed by atoms with Crippen LogP contribution in [0.3, 0.4) is 0 Å². The van der Waals surface area contributed by atoms with Gasteiger partial charge in [0.2, 0.25) is 5.91 Å². The summed E-state index contributed by atoms with van der Waals surface area (Å²) in [7, 11) is 0. The zero-order chi connectivity index (χ0) is 27.2. The summed E-state index contributed by atoms with van der Waals surface area (Å²) < 4.78 is 15.9. The number of piperidine rings is 1. The molecule has 1 atom stereocenters. The summed E-state index contributed by atoms with van der Waals surface area (Å²) in [6.07, 6.45) is 5.78. The monoisotopic (exact) mass is 528 g/mol. The SMILES string of the molecule is O=C(CC(c1ccc(F)cc1)c1cn(Cc2ccccc2)c2ccc([N+](=O)[O-])cc12)NCCN1CCCCC1. The Bertz CT molecular complexity index is 1430. The van der Waals surface area contributed by atoms with E-state index in [-0.39, 0.29) is 23.8 Å². The van der Waals surface area contributed by atoms with Gasteiger partial charge in [0.05, 0.1) is 4.92 Å². The zero-order valence-corrected chi connectivity index (χ0v) is 21.9. The quantitative estimate of drug-likeness (QED) is 0.207. The number of hydrogen-bond donors (Lipinski definition) is 1. The number of carbonyl (C=O) groups is 1. The van der Waals surface area contributed by atoms with Crippen molar-refractivity contribution >= 4 is 22.5 Å². The smallest absolute Gasteiger partial charge is 0.270 e. The number of rotatable bonds is 10. The second-order valence-electron chi connectivity index (χ2n) is 10.2. The second-order valence-corrected chi connectivity index (χ2v) is 10.2. The van der Waals surface area contributed by atoms with Gasteiger partial charge in [-0.15, -0.1) is 0 Å². The number of nitro groups is 1. The van der Waals surface area contributed by atoms with Crippen LogP contribution in [0.5, 0.6) is 0 Å². The molecule has 1 unspecified atom stereocenters. The fourth-order valence-electron chi connectivity index (χ4n) is 5.51. The number of hydrogen-bond acceptors (Lipinski definition) is 4. The molecule has 39 heavy (non-hydrogen) atoms. The molecular formula is C31H33FN4O3. The third kappa shape index (κ3) is 6.52. The van der Waals surface area contributed by atoms with E-state index in [1.807, 2.05) is 36.5 Å². The van der Waals surface area contributed by atoms with Crippen LogP contribution in [0.4, 0.5) is 10.1 Å². The highest BCUT2D eigenvalue weighted by atomic mass is 19.1. The van der Waals surface area contributed by atoms with Crippen molar-refractivity contribution in [1.29, 1.82) is 0 Å². The summed E-state index contributed by atoms with van der Waals surface area (Å²) in [6.45, 7) is 4.08. The fraction of sp³-hybridized carbons (Fsp3) is 0.323. The normalized spacial score (nSPS) is 14.8. The Balaban J connectivity index is 1.48. The van der Waals surface area contributed by atoms with Crippen molar-refractivity contribution in [3.63, 3.8) is 0 Å². The lowest BCUT2D eigenvalue weighted by molar-refractivity contribution is -0.384. The summed E-state index contributed by atoms with van der Waals surface area (Å²) in [5.74, 6) is -0.858. The average molecular weight is 529 g/mol. The molecule has 1 N–H and O–H groups in total. The van der Waals surface area contributed by atoms with Crippen LogP contribution >= 0.6 is 0 Å². The third-order valence-corrected chi connectivity index (χ3v) is 7.54. The minimum absolute atomic E-state index is 0.00921. The molecule has 0 spiro atoms. The van der Waals surface area contributed by atoms with Crippen LogP contribution in [0, 0.1) is 15.9 Å². The van der Waals surface area contributed by atoms with E-state index in [9.17, 15) is 19.3 Å². The van der Waals surface area contributed by atoms with E-state index in [1.54, 1.807) is 24.3 Å². The Morgan fingerprint density at radius 1 is 1.00 bits per heavy atom. The molecule has 1 aliphatic heterocycles. The Morgan fingerprint density at radius 3 is 2.46 bits per heavy atom. The van der Waals surface area contributed by atoms with Gasteiger partial charge in [-0.2, -0.15) is 0 Å². The maximum atomic E-state index is 13.8. The molecule has 1 saturated heterocycles. The van der Waals surface area contributed by atoms with Crippen LogP contribution in [0.25, 0.3) is 10.9 Å². The fourth-order valence-corrected chi connectivity index (χ4v) is 5.51. The Hall–Kier alpha value is -4.04. The van der Waals surface area contributed by atoms with Crippen molar-refractivity contribution in [1.82, 2.24) is 14.8 Å². The first-order valence-electron chi connectivity index (χ1n) is 13.5. The molecule has 5 rings (SSSR count). The van der Waals surface area contributed by atoms with Gasteiger partial charge in [0.15, 0.2) is 0 Å². The molecule has 1 aromatic heterocycles. The van der Waals surface area contributed by atoms with Gasteiger partial charge in [0.25, 0.3) is 5.69 Å². The lowest BCUT2D eigenvalue weighted by Gasteiger charge is -2.26. The van der Waals surface area contributed by atoms with E-state index < -0.39 is 10.8 Å². The van der Waals surface area contributed by atoms with Gasteiger partial charge in [0, 0.05) is 61.2 Å². The van der Waals surface area contributed by atoms with Crippen LogP contribution < -0.4 is 5.32 Å². The largest absolute Gasteiger partial charge is 0.355 e. The van der Waals surface area contributed by atoms with E-state index in [4.69, 9.17) is 0 Å². The number of carbonyl (C=O) groups excluding carboxylic acids is 1. The molecule has 1 amide bonds. The minimum atomic E-state index is -0.405. The van der Waals surface area contributed by atoms with Gasteiger partial charge in [-0.05, 0) is 60.8 Å². The van der Waals surface area contributed by atoms with Crippen molar-refractivity contribution in [3.05, 3.63) is 112 Å². The Labute approximate surface area is 227 Å². The highest BCUT2D eigenvalue weighted by Crippen LogP contribution is 2.37. The van der Waals surface area contributed by atoms with Gasteiger partial charge in [-0.3, -0.25) is 14.9 Å². The van der Waals surface area contributed by atoms with Gasteiger partial charge in [0.1, 0.15) is 5.82 Å². The Morgan fingerprint density at radius 2 is 1.74 bits per heavy atom. The number of amides is 1. The lowest BCUT2D eigenvalue weighted by Crippen LogP contribution is -2.38. The van der Waals surface area contributed by atoms with Crippen molar-refractivity contribution in [3.8, 4) is 0 Å². The summed E-state index contributed by atoms with van der Waals surface area (Å²) in [6, 6.07) is 21.0. The molecule has 4 aromatic rings. The number of nitrogens with one attached hydrogen (secondary N) is 1. The zero-order valence-electron chi connectivity index (χ0n) is 21.9. The van der Waals surface area contributed by atoms with Crippen LogP contribution in [0.15, 0.2) is 79.0 Å². The van der Waals surface area contributed by atoms with E-state index in [2.05, 4.69) is 14.8 Å². The van der Waals surface area contributed by atoms with E-state index in [0.717, 1.165) is 47.2 Å². The summed E-state index contributed by atoms with van der Waals surface area (Å²) in [4.78, 5) is 26.8. The van der Waals surface area contributed by atoms with Crippen molar-refractivity contribution in [2.75, 3.05) is 26.2 Å². The number of benzene rings is 3. The molecule has 0 bridgehead atoms. The maximum absolute atomic E-state index is 13.8. The second kappa shape index (κ2) is 12.2. The molecule has 1 fully saturated rings. The molecule has 202 valence electrons. The summed E-state index contributed by atoms with van der Waals surface area (Å²) in [5, 5.41) is 15.4. The van der Waals surface area contributed by atoms with Crippen LogP contribution in [-0.4, -0.2) is 46.5 Å². The minimum Gasteiger partial charge on any atom is -0.355 e. The molecule has 8 heteroatoms. The predicted octanol–water partition coefficient (Wildman–Crippen LogP) is 5.86. The van der Waals surface area contributed by atoms with Crippen molar-refractivity contribution < 1.29 is 14.1 Å². The van der Waals surface area contributed by atoms with Crippen LogP contribution in [-0.2, 0) is 11.3 Å². The summed E-state index contributed by atoms with van der Waals surface area (Å²) in [5.41, 5.74) is 3.52. The number of nitrogens with zero attached hydrogens (tertiary/aromatic N) is 3. The Kier molecular flexibility index (Phi) is 8.32. The third-order valence-electron chi connectivity index (χ3n) is 7.54. The molecule has 0 aliphatic carbocycles. The molecule has 2 heterocycles. The maximum Gasteiger partial charge on any atom is 0.270 e. The van der Waals surface area contributed by atoms with Gasteiger partial charge >= 0.3 is 0 Å². The molecule has 3 aromatic carbocycles. The standard InChI is InChI=1S/C31H33FN4O3/c32-25-11-9-24(10-12-25)27(20-31(37)33-15-18-34-16-5-2-6-17-34)29-22-35(21-23-7-3-1-4-8-23)30-14-13-26(36(38)39)19-28(29)30/h1,3-4,7-14,19,22,27H,2,5-6,15-18,20-21H2,(H,33,37). The van der Waals surface area contributed by atoms with Crippen LogP contribution in [0.1, 0.15) is 48.3 Å².